The van der Waals surface area contributed by atoms with Gasteiger partial charge in [-0.1, -0.05) is 30.3 Å². The van der Waals surface area contributed by atoms with E-state index < -0.39 is 0 Å². The maximum absolute atomic E-state index is 9.67. The molecule has 0 spiro atoms. The van der Waals surface area contributed by atoms with Crippen molar-refractivity contribution in [3.05, 3.63) is 78.1 Å². The SMILES string of the molecule is Oc1cccc(C2CCN(Cc3cnn(-c4ccccc4)c3)CC2)c1. The summed E-state index contributed by atoms with van der Waals surface area (Å²) in [6, 6.07) is 17.9. The Morgan fingerprint density at radius 3 is 2.56 bits per heavy atom. The predicted octanol–water partition coefficient (Wildman–Crippen LogP) is 3.96. The predicted molar refractivity (Wildman–Crippen MR) is 98.9 cm³/mol. The van der Waals surface area contributed by atoms with Gasteiger partial charge in [0.15, 0.2) is 0 Å². The zero-order valence-electron chi connectivity index (χ0n) is 14.3. The largest absolute Gasteiger partial charge is 0.508 e. The molecule has 2 aromatic carbocycles. The second kappa shape index (κ2) is 7.11. The lowest BCUT2D eigenvalue weighted by Crippen LogP contribution is -2.32. The molecule has 1 aliphatic rings. The lowest BCUT2D eigenvalue weighted by molar-refractivity contribution is 0.204. The van der Waals surface area contributed by atoms with Crippen molar-refractivity contribution in [1.29, 1.82) is 0 Å². The van der Waals surface area contributed by atoms with Crippen molar-refractivity contribution < 1.29 is 5.11 Å². The van der Waals surface area contributed by atoms with Crippen LogP contribution in [-0.2, 0) is 6.54 Å². The molecule has 3 aromatic rings. The highest BCUT2D eigenvalue weighted by Gasteiger charge is 2.21. The first-order valence-corrected chi connectivity index (χ1v) is 8.88. The number of phenolic OH excluding ortho intramolecular Hbond substituents is 1. The normalized spacial score (nSPS) is 16.2. The second-order valence-electron chi connectivity index (χ2n) is 6.77. The Balaban J connectivity index is 1.35. The van der Waals surface area contributed by atoms with E-state index >= 15 is 0 Å². The van der Waals surface area contributed by atoms with Crippen LogP contribution >= 0.6 is 0 Å². The molecule has 0 radical (unpaired) electrons. The molecule has 1 saturated heterocycles. The third kappa shape index (κ3) is 3.74. The van der Waals surface area contributed by atoms with Crippen molar-refractivity contribution >= 4 is 0 Å². The molecule has 0 unspecified atom stereocenters. The van der Waals surface area contributed by atoms with Crippen LogP contribution in [0.1, 0.15) is 29.9 Å². The molecule has 1 N–H and O–H groups in total. The quantitative estimate of drug-likeness (QED) is 0.786. The van der Waals surface area contributed by atoms with E-state index in [1.807, 2.05) is 41.2 Å². The van der Waals surface area contributed by atoms with Crippen LogP contribution in [0.5, 0.6) is 5.75 Å². The van der Waals surface area contributed by atoms with Gasteiger partial charge in [0.25, 0.3) is 0 Å². The van der Waals surface area contributed by atoms with Gasteiger partial charge < -0.3 is 5.11 Å². The Hall–Kier alpha value is -2.59. The number of nitrogens with zero attached hydrogens (tertiary/aromatic N) is 3. The summed E-state index contributed by atoms with van der Waals surface area (Å²) in [6.45, 7) is 3.10. The molecule has 0 atom stereocenters. The number of benzene rings is 2. The van der Waals surface area contributed by atoms with Gasteiger partial charge >= 0.3 is 0 Å². The number of aromatic hydroxyl groups is 1. The average molecular weight is 333 g/mol. The van der Waals surface area contributed by atoms with Gasteiger partial charge in [0, 0.05) is 18.3 Å². The summed E-state index contributed by atoms with van der Waals surface area (Å²) >= 11 is 0. The van der Waals surface area contributed by atoms with Crippen LogP contribution in [0.25, 0.3) is 5.69 Å². The van der Waals surface area contributed by atoms with Crippen LogP contribution in [0.2, 0.25) is 0 Å². The first kappa shape index (κ1) is 15.9. The number of piperidine rings is 1. The van der Waals surface area contributed by atoms with Crippen molar-refractivity contribution in [2.45, 2.75) is 25.3 Å². The fraction of sp³-hybridized carbons (Fsp3) is 0.286. The number of rotatable bonds is 4. The highest BCUT2D eigenvalue weighted by Crippen LogP contribution is 2.30. The molecule has 2 heterocycles. The smallest absolute Gasteiger partial charge is 0.115 e. The Labute approximate surface area is 148 Å². The third-order valence-electron chi connectivity index (χ3n) is 4.99. The summed E-state index contributed by atoms with van der Waals surface area (Å²) < 4.78 is 1.94. The van der Waals surface area contributed by atoms with Gasteiger partial charge in [-0.25, -0.2) is 4.68 Å². The minimum absolute atomic E-state index is 0.369. The molecule has 0 amide bonds. The highest BCUT2D eigenvalue weighted by molar-refractivity contribution is 5.31. The molecule has 4 nitrogen and oxygen atoms in total. The summed E-state index contributed by atoms with van der Waals surface area (Å²) in [5.74, 6) is 0.920. The molecule has 1 aromatic heterocycles. The van der Waals surface area contributed by atoms with E-state index in [9.17, 15) is 5.11 Å². The summed E-state index contributed by atoms with van der Waals surface area (Å²) in [6.07, 6.45) is 6.36. The molecule has 1 fully saturated rings. The number of hydrogen-bond donors (Lipinski definition) is 1. The van der Waals surface area contributed by atoms with E-state index in [1.54, 1.807) is 6.07 Å². The Bertz CT molecular complexity index is 820. The number of phenols is 1. The molecule has 4 heteroatoms. The van der Waals surface area contributed by atoms with Gasteiger partial charge in [0.2, 0.25) is 0 Å². The van der Waals surface area contributed by atoms with Gasteiger partial charge in [-0.3, -0.25) is 4.90 Å². The topological polar surface area (TPSA) is 41.3 Å². The van der Waals surface area contributed by atoms with Gasteiger partial charge in [-0.2, -0.15) is 5.10 Å². The molecule has 0 bridgehead atoms. The molecule has 4 rings (SSSR count). The minimum Gasteiger partial charge on any atom is -0.508 e. The fourth-order valence-electron chi connectivity index (χ4n) is 3.63. The zero-order valence-corrected chi connectivity index (χ0v) is 14.3. The molecule has 0 saturated carbocycles. The van der Waals surface area contributed by atoms with Crippen LogP contribution < -0.4 is 0 Å². The number of hydrogen-bond acceptors (Lipinski definition) is 3. The first-order chi connectivity index (χ1) is 12.3. The zero-order chi connectivity index (χ0) is 17.1. The van der Waals surface area contributed by atoms with Gasteiger partial charge in [0.1, 0.15) is 5.75 Å². The lowest BCUT2D eigenvalue weighted by atomic mass is 9.89. The van der Waals surface area contributed by atoms with Crippen molar-refractivity contribution in [1.82, 2.24) is 14.7 Å². The molecule has 25 heavy (non-hydrogen) atoms. The van der Waals surface area contributed by atoms with Gasteiger partial charge in [-0.05, 0) is 61.7 Å². The molecule has 0 aliphatic carbocycles. The van der Waals surface area contributed by atoms with Crippen LogP contribution in [0, 0.1) is 0 Å². The van der Waals surface area contributed by atoms with E-state index in [2.05, 4.69) is 34.4 Å². The Morgan fingerprint density at radius 1 is 1.00 bits per heavy atom. The third-order valence-corrected chi connectivity index (χ3v) is 4.99. The van der Waals surface area contributed by atoms with E-state index in [1.165, 1.54) is 11.1 Å². The molecule has 1 aliphatic heterocycles. The maximum Gasteiger partial charge on any atom is 0.115 e. The summed E-state index contributed by atoms with van der Waals surface area (Å²) in [4.78, 5) is 2.49. The van der Waals surface area contributed by atoms with Crippen LogP contribution in [-0.4, -0.2) is 32.9 Å². The van der Waals surface area contributed by atoms with Crippen molar-refractivity contribution in [3.63, 3.8) is 0 Å². The van der Waals surface area contributed by atoms with Crippen LogP contribution in [0.15, 0.2) is 67.0 Å². The number of likely N-dealkylation sites (tertiary alicyclic amines) is 1. The molecule has 128 valence electrons. The lowest BCUT2D eigenvalue weighted by Gasteiger charge is -2.31. The maximum atomic E-state index is 9.67. The number of aromatic nitrogens is 2. The van der Waals surface area contributed by atoms with E-state index in [4.69, 9.17) is 0 Å². The highest BCUT2D eigenvalue weighted by atomic mass is 16.3. The summed E-state index contributed by atoms with van der Waals surface area (Å²) in [5.41, 5.74) is 3.60. The molecular weight excluding hydrogens is 310 g/mol. The van der Waals surface area contributed by atoms with Gasteiger partial charge in [-0.15, -0.1) is 0 Å². The number of para-hydroxylation sites is 1. The van der Waals surface area contributed by atoms with Crippen molar-refractivity contribution in [2.24, 2.45) is 0 Å². The summed E-state index contributed by atoms with van der Waals surface area (Å²) in [7, 11) is 0. The molecular formula is C21H23N3O. The van der Waals surface area contributed by atoms with E-state index in [0.717, 1.165) is 38.2 Å². The average Bonchev–Trinajstić information content (AvgIpc) is 3.12. The Kier molecular flexibility index (Phi) is 4.53. The minimum atomic E-state index is 0.369. The van der Waals surface area contributed by atoms with Crippen LogP contribution in [0.3, 0.4) is 0 Å². The van der Waals surface area contributed by atoms with Crippen LogP contribution in [0.4, 0.5) is 0 Å². The van der Waals surface area contributed by atoms with Crippen molar-refractivity contribution in [3.8, 4) is 11.4 Å². The standard InChI is InChI=1S/C21H23N3O/c25-21-8-4-5-19(13-21)18-9-11-23(12-10-18)15-17-14-22-24(16-17)20-6-2-1-3-7-20/h1-8,13-14,16,18,25H,9-12,15H2. The summed E-state index contributed by atoms with van der Waals surface area (Å²) in [5, 5.41) is 14.2. The first-order valence-electron chi connectivity index (χ1n) is 8.88. The monoisotopic (exact) mass is 333 g/mol. The van der Waals surface area contributed by atoms with Crippen molar-refractivity contribution in [2.75, 3.05) is 13.1 Å². The second-order valence-corrected chi connectivity index (χ2v) is 6.77. The van der Waals surface area contributed by atoms with E-state index in [-0.39, 0.29) is 0 Å². The van der Waals surface area contributed by atoms with Gasteiger partial charge in [0.05, 0.1) is 11.9 Å². The Morgan fingerprint density at radius 2 is 1.80 bits per heavy atom. The fourth-order valence-corrected chi connectivity index (χ4v) is 3.63. The van der Waals surface area contributed by atoms with E-state index in [0.29, 0.717) is 11.7 Å².